The van der Waals surface area contributed by atoms with Crippen LogP contribution in [0, 0.1) is 12.8 Å². The molecule has 23 heavy (non-hydrogen) atoms. The Balaban J connectivity index is 1.97. The topological polar surface area (TPSA) is 88.3 Å². The van der Waals surface area contributed by atoms with E-state index in [9.17, 15) is 9.59 Å². The summed E-state index contributed by atoms with van der Waals surface area (Å²) in [7, 11) is 1.80. The van der Waals surface area contributed by atoms with Crippen LogP contribution in [0.25, 0.3) is 0 Å². The molecule has 0 fully saturated rings. The maximum Gasteiger partial charge on any atom is 0.242 e. The molecule has 1 aromatic heterocycles. The van der Waals surface area contributed by atoms with Crippen molar-refractivity contribution in [3.8, 4) is 0 Å². The molecule has 1 unspecified atom stereocenters. The number of hydrogen-bond acceptors (Lipinski definition) is 5. The Morgan fingerprint density at radius 2 is 2.17 bits per heavy atom. The van der Waals surface area contributed by atoms with E-state index in [1.54, 1.807) is 23.3 Å². The number of hydrogen-bond donors (Lipinski definition) is 2. The number of nitrogens with one attached hydrogen (secondary N) is 1. The van der Waals surface area contributed by atoms with E-state index in [0.29, 0.717) is 0 Å². The van der Waals surface area contributed by atoms with Crippen LogP contribution in [0.1, 0.15) is 48.3 Å². The van der Waals surface area contributed by atoms with Gasteiger partial charge < -0.3 is 16.0 Å². The van der Waals surface area contributed by atoms with Crippen molar-refractivity contribution in [3.05, 3.63) is 15.6 Å². The van der Waals surface area contributed by atoms with E-state index >= 15 is 0 Å². The molecule has 2 atom stereocenters. The molecule has 7 heteroatoms. The number of thiazole rings is 1. The second-order valence-electron chi connectivity index (χ2n) is 6.44. The van der Waals surface area contributed by atoms with Crippen LogP contribution in [0.15, 0.2) is 0 Å². The van der Waals surface area contributed by atoms with Gasteiger partial charge in [-0.15, -0.1) is 11.3 Å². The number of amides is 2. The van der Waals surface area contributed by atoms with Gasteiger partial charge in [0.25, 0.3) is 0 Å². The molecule has 0 saturated heterocycles. The smallest absolute Gasteiger partial charge is 0.242 e. The zero-order valence-electron chi connectivity index (χ0n) is 14.3. The van der Waals surface area contributed by atoms with E-state index in [4.69, 9.17) is 5.73 Å². The Bertz CT molecular complexity index is 585. The first-order chi connectivity index (χ1) is 10.8. The van der Waals surface area contributed by atoms with Crippen molar-refractivity contribution in [2.45, 2.75) is 52.1 Å². The summed E-state index contributed by atoms with van der Waals surface area (Å²) in [6, 6.07) is -0.522. The van der Waals surface area contributed by atoms with Crippen molar-refractivity contribution < 1.29 is 9.59 Å². The Hall–Kier alpha value is -1.47. The predicted octanol–water partition coefficient (Wildman–Crippen LogP) is 1.39. The summed E-state index contributed by atoms with van der Waals surface area (Å²) in [6.45, 7) is 5.75. The number of aryl methyl sites for hydroxylation is 2. The molecule has 3 N–H and O–H groups in total. The molecule has 1 aromatic rings. The summed E-state index contributed by atoms with van der Waals surface area (Å²) in [5.74, 6) is -0.332. The third-order valence-electron chi connectivity index (χ3n) is 4.32. The number of fused-ring (bicyclic) bond motifs is 1. The van der Waals surface area contributed by atoms with Gasteiger partial charge in [-0.3, -0.25) is 9.59 Å². The molecule has 0 spiro atoms. The van der Waals surface area contributed by atoms with Gasteiger partial charge in [0.15, 0.2) is 0 Å². The number of aromatic nitrogens is 1. The molecule has 0 radical (unpaired) electrons. The van der Waals surface area contributed by atoms with E-state index < -0.39 is 6.04 Å². The molecule has 2 amide bonds. The van der Waals surface area contributed by atoms with Crippen molar-refractivity contribution >= 4 is 23.2 Å². The van der Waals surface area contributed by atoms with Crippen LogP contribution in [-0.2, 0) is 16.0 Å². The number of carbonyl (C=O) groups excluding carboxylic acids is 2. The van der Waals surface area contributed by atoms with Crippen LogP contribution in [0.2, 0.25) is 0 Å². The highest BCUT2D eigenvalue weighted by molar-refractivity contribution is 7.11. The fourth-order valence-electron chi connectivity index (χ4n) is 2.77. The highest BCUT2D eigenvalue weighted by atomic mass is 32.1. The molecule has 0 bridgehead atoms. The van der Waals surface area contributed by atoms with Gasteiger partial charge in [0.05, 0.1) is 34.2 Å². The first-order valence-electron chi connectivity index (χ1n) is 8.06. The van der Waals surface area contributed by atoms with Crippen LogP contribution in [0.5, 0.6) is 0 Å². The van der Waals surface area contributed by atoms with E-state index in [-0.39, 0.29) is 30.3 Å². The summed E-state index contributed by atoms with van der Waals surface area (Å²) >= 11 is 1.66. The minimum absolute atomic E-state index is 0.0145. The standard InChI is InChI=1S/C16H26N4O2S/c1-9(2)14(17)16(22)18-8-13(21)20(4)12-7-5-6-11-15(12)23-10(3)19-11/h9,12,14H,5-8,17H2,1-4H3,(H,18,22)/t12?,14-/m0/s1. The third-order valence-corrected chi connectivity index (χ3v) is 5.44. The number of likely N-dealkylation sites (N-methyl/N-ethyl adjacent to an activating group) is 1. The van der Waals surface area contributed by atoms with Crippen molar-refractivity contribution in [2.75, 3.05) is 13.6 Å². The number of carbonyl (C=O) groups is 2. The first kappa shape index (κ1) is 17.9. The average Bonchev–Trinajstić information content (AvgIpc) is 2.90. The van der Waals surface area contributed by atoms with Gasteiger partial charge in [0, 0.05) is 7.05 Å². The lowest BCUT2D eigenvalue weighted by atomic mass is 9.97. The van der Waals surface area contributed by atoms with Crippen LogP contribution in [0.3, 0.4) is 0 Å². The summed E-state index contributed by atoms with van der Waals surface area (Å²) in [4.78, 5) is 31.8. The van der Waals surface area contributed by atoms with Crippen LogP contribution < -0.4 is 11.1 Å². The van der Waals surface area contributed by atoms with Gasteiger partial charge in [0.1, 0.15) is 0 Å². The highest BCUT2D eigenvalue weighted by Gasteiger charge is 2.29. The fourth-order valence-corrected chi connectivity index (χ4v) is 3.92. The van der Waals surface area contributed by atoms with Gasteiger partial charge >= 0.3 is 0 Å². The van der Waals surface area contributed by atoms with Crippen LogP contribution in [-0.4, -0.2) is 41.3 Å². The summed E-state index contributed by atoms with van der Waals surface area (Å²) in [6.07, 6.45) is 2.96. The van der Waals surface area contributed by atoms with Crippen molar-refractivity contribution in [2.24, 2.45) is 11.7 Å². The Morgan fingerprint density at radius 1 is 1.48 bits per heavy atom. The zero-order chi connectivity index (χ0) is 17.1. The normalized spacial score (nSPS) is 18.4. The monoisotopic (exact) mass is 338 g/mol. The molecule has 2 rings (SSSR count). The molecule has 0 saturated carbocycles. The van der Waals surface area contributed by atoms with Gasteiger partial charge in [-0.05, 0) is 32.1 Å². The number of rotatable bonds is 5. The molecule has 1 aliphatic carbocycles. The third kappa shape index (κ3) is 4.09. The molecule has 1 aliphatic rings. The van der Waals surface area contributed by atoms with Gasteiger partial charge in [0.2, 0.25) is 11.8 Å². The Labute approximate surface area is 141 Å². The number of nitrogens with zero attached hydrogens (tertiary/aromatic N) is 2. The summed E-state index contributed by atoms with van der Waals surface area (Å²) < 4.78 is 0. The summed E-state index contributed by atoms with van der Waals surface area (Å²) in [5.41, 5.74) is 6.91. The van der Waals surface area contributed by atoms with Crippen LogP contribution >= 0.6 is 11.3 Å². The maximum atomic E-state index is 12.4. The maximum absolute atomic E-state index is 12.4. The van der Waals surface area contributed by atoms with Crippen LogP contribution in [0.4, 0.5) is 0 Å². The molecule has 1 heterocycles. The highest BCUT2D eigenvalue weighted by Crippen LogP contribution is 2.37. The molecular formula is C16H26N4O2S. The van der Waals surface area contributed by atoms with E-state index in [2.05, 4.69) is 10.3 Å². The minimum atomic E-state index is -0.585. The molecule has 128 valence electrons. The van der Waals surface area contributed by atoms with Gasteiger partial charge in [-0.25, -0.2) is 4.98 Å². The van der Waals surface area contributed by atoms with Crippen molar-refractivity contribution in [3.63, 3.8) is 0 Å². The average molecular weight is 338 g/mol. The second kappa shape index (κ2) is 7.40. The van der Waals surface area contributed by atoms with Crippen molar-refractivity contribution in [1.82, 2.24) is 15.2 Å². The lowest BCUT2D eigenvalue weighted by molar-refractivity contribution is -0.134. The van der Waals surface area contributed by atoms with E-state index in [0.717, 1.165) is 30.0 Å². The summed E-state index contributed by atoms with van der Waals surface area (Å²) in [5, 5.41) is 3.69. The number of nitrogens with two attached hydrogens (primary N) is 1. The molecule has 0 aliphatic heterocycles. The minimum Gasteiger partial charge on any atom is -0.346 e. The largest absolute Gasteiger partial charge is 0.346 e. The van der Waals surface area contributed by atoms with Gasteiger partial charge in [-0.2, -0.15) is 0 Å². The predicted molar refractivity (Wildman–Crippen MR) is 91.1 cm³/mol. The SMILES string of the molecule is Cc1nc2c(s1)C(N(C)C(=O)CNC(=O)[C@@H](N)C(C)C)CCC2. The Kier molecular flexibility index (Phi) is 5.75. The van der Waals surface area contributed by atoms with Gasteiger partial charge in [-0.1, -0.05) is 13.8 Å². The molecular weight excluding hydrogens is 312 g/mol. The zero-order valence-corrected chi connectivity index (χ0v) is 15.1. The molecule has 0 aromatic carbocycles. The fraction of sp³-hybridized carbons (Fsp3) is 0.688. The first-order valence-corrected chi connectivity index (χ1v) is 8.88. The van der Waals surface area contributed by atoms with Crippen molar-refractivity contribution in [1.29, 1.82) is 0 Å². The quantitative estimate of drug-likeness (QED) is 0.849. The Morgan fingerprint density at radius 3 is 2.83 bits per heavy atom. The van der Waals surface area contributed by atoms with E-state index in [1.807, 2.05) is 20.8 Å². The lowest BCUT2D eigenvalue weighted by Crippen LogP contribution is -2.47. The molecule has 6 nitrogen and oxygen atoms in total. The van der Waals surface area contributed by atoms with E-state index in [1.165, 1.54) is 4.88 Å². The second-order valence-corrected chi connectivity index (χ2v) is 7.68. The lowest BCUT2D eigenvalue weighted by Gasteiger charge is -2.31.